The lowest BCUT2D eigenvalue weighted by Gasteiger charge is -2.08. The molecule has 1 unspecified atom stereocenters. The number of aromatic nitrogens is 1. The zero-order chi connectivity index (χ0) is 8.97. The molecule has 0 aliphatic heterocycles. The highest BCUT2D eigenvalue weighted by Gasteiger charge is 2.04. The summed E-state index contributed by atoms with van der Waals surface area (Å²) in [6, 6.07) is 4.12. The van der Waals surface area contributed by atoms with E-state index in [9.17, 15) is 0 Å². The molecule has 0 fully saturated rings. The Bertz CT molecular complexity index is 250. The van der Waals surface area contributed by atoms with E-state index in [2.05, 4.69) is 27.8 Å². The van der Waals surface area contributed by atoms with Gasteiger partial charge in [0, 0.05) is 23.1 Å². The first kappa shape index (κ1) is 9.68. The number of nitrogens with two attached hydrogens (primary N) is 1. The zero-order valence-corrected chi connectivity index (χ0v) is 8.71. The molecule has 1 heterocycles. The lowest BCUT2D eigenvalue weighted by atomic mass is 10.1. The molecule has 1 rings (SSSR count). The van der Waals surface area contributed by atoms with Crippen molar-refractivity contribution < 1.29 is 0 Å². The molecular formula is C9H13BrN2. The van der Waals surface area contributed by atoms with Crippen LogP contribution in [0.5, 0.6) is 0 Å². The Balaban J connectivity index is 2.69. The van der Waals surface area contributed by atoms with Crippen molar-refractivity contribution in [1.82, 2.24) is 4.98 Å². The van der Waals surface area contributed by atoms with Gasteiger partial charge in [-0.2, -0.15) is 0 Å². The first-order valence-corrected chi connectivity index (χ1v) is 4.88. The van der Waals surface area contributed by atoms with Crippen LogP contribution in [-0.2, 0) is 6.42 Å². The van der Waals surface area contributed by atoms with Crippen molar-refractivity contribution in [3.05, 3.63) is 28.5 Å². The quantitative estimate of drug-likeness (QED) is 0.862. The number of halogens is 1. The van der Waals surface area contributed by atoms with E-state index in [1.54, 1.807) is 6.20 Å². The summed E-state index contributed by atoms with van der Waals surface area (Å²) in [4.78, 5) is 4.24. The van der Waals surface area contributed by atoms with Crippen LogP contribution in [0.2, 0.25) is 0 Å². The molecule has 0 aliphatic carbocycles. The molecule has 0 bridgehead atoms. The van der Waals surface area contributed by atoms with Crippen LogP contribution in [0, 0.1) is 0 Å². The Morgan fingerprint density at radius 1 is 1.67 bits per heavy atom. The van der Waals surface area contributed by atoms with Gasteiger partial charge in [-0.15, -0.1) is 0 Å². The van der Waals surface area contributed by atoms with Crippen molar-refractivity contribution in [3.63, 3.8) is 0 Å². The normalized spacial score (nSPS) is 12.9. The van der Waals surface area contributed by atoms with E-state index in [1.807, 2.05) is 12.1 Å². The van der Waals surface area contributed by atoms with Gasteiger partial charge in [0.25, 0.3) is 0 Å². The van der Waals surface area contributed by atoms with Gasteiger partial charge >= 0.3 is 0 Å². The summed E-state index contributed by atoms with van der Waals surface area (Å²) in [7, 11) is 0. The standard InChI is InChI=1S/C9H13BrN2/c1-2-7(11)6-9-8(10)4-3-5-12-9/h3-5,7H,2,6,11H2,1H3. The molecule has 0 spiro atoms. The molecule has 3 heteroatoms. The topological polar surface area (TPSA) is 38.9 Å². The Labute approximate surface area is 81.3 Å². The van der Waals surface area contributed by atoms with E-state index in [-0.39, 0.29) is 6.04 Å². The van der Waals surface area contributed by atoms with Gasteiger partial charge in [-0.25, -0.2) is 0 Å². The average Bonchev–Trinajstić information content (AvgIpc) is 2.09. The second-order valence-corrected chi connectivity index (χ2v) is 3.66. The van der Waals surface area contributed by atoms with Crippen LogP contribution in [0.3, 0.4) is 0 Å². The molecule has 0 aromatic carbocycles. The zero-order valence-electron chi connectivity index (χ0n) is 7.13. The van der Waals surface area contributed by atoms with E-state index >= 15 is 0 Å². The van der Waals surface area contributed by atoms with Gasteiger partial charge in [0.2, 0.25) is 0 Å². The van der Waals surface area contributed by atoms with Crippen molar-refractivity contribution in [2.24, 2.45) is 5.73 Å². The van der Waals surface area contributed by atoms with Crippen LogP contribution >= 0.6 is 15.9 Å². The van der Waals surface area contributed by atoms with Gasteiger partial charge in [0.1, 0.15) is 0 Å². The second kappa shape index (κ2) is 4.58. The fourth-order valence-electron chi connectivity index (χ4n) is 0.961. The van der Waals surface area contributed by atoms with E-state index in [4.69, 9.17) is 5.73 Å². The maximum absolute atomic E-state index is 5.81. The summed E-state index contributed by atoms with van der Waals surface area (Å²) < 4.78 is 1.05. The highest BCUT2D eigenvalue weighted by atomic mass is 79.9. The third-order valence-corrected chi connectivity index (χ3v) is 2.54. The molecule has 2 N–H and O–H groups in total. The number of nitrogens with zero attached hydrogens (tertiary/aromatic N) is 1. The summed E-state index contributed by atoms with van der Waals surface area (Å²) in [6.07, 6.45) is 3.63. The molecule has 66 valence electrons. The van der Waals surface area contributed by atoms with Crippen LogP contribution in [0.4, 0.5) is 0 Å². The minimum absolute atomic E-state index is 0.219. The maximum atomic E-state index is 5.81. The minimum atomic E-state index is 0.219. The lowest BCUT2D eigenvalue weighted by molar-refractivity contribution is 0.635. The van der Waals surface area contributed by atoms with E-state index in [0.29, 0.717) is 0 Å². The second-order valence-electron chi connectivity index (χ2n) is 2.80. The molecule has 0 saturated heterocycles. The van der Waals surface area contributed by atoms with Crippen LogP contribution in [0.25, 0.3) is 0 Å². The predicted octanol–water partition coefficient (Wildman–Crippen LogP) is 2.12. The number of pyridine rings is 1. The average molecular weight is 229 g/mol. The van der Waals surface area contributed by atoms with Crippen molar-refractivity contribution in [1.29, 1.82) is 0 Å². The van der Waals surface area contributed by atoms with E-state index in [1.165, 1.54) is 0 Å². The van der Waals surface area contributed by atoms with Gasteiger partial charge < -0.3 is 5.73 Å². The van der Waals surface area contributed by atoms with Crippen molar-refractivity contribution in [2.75, 3.05) is 0 Å². The monoisotopic (exact) mass is 228 g/mol. The van der Waals surface area contributed by atoms with Crippen molar-refractivity contribution in [2.45, 2.75) is 25.8 Å². The fourth-order valence-corrected chi connectivity index (χ4v) is 1.38. The summed E-state index contributed by atoms with van der Waals surface area (Å²) in [5.74, 6) is 0. The summed E-state index contributed by atoms with van der Waals surface area (Å²) in [5, 5.41) is 0. The van der Waals surface area contributed by atoms with Crippen molar-refractivity contribution in [3.8, 4) is 0 Å². The Hall–Kier alpha value is -0.410. The number of hydrogen-bond acceptors (Lipinski definition) is 2. The van der Waals surface area contributed by atoms with Gasteiger partial charge in [-0.1, -0.05) is 6.92 Å². The first-order chi connectivity index (χ1) is 5.74. The molecule has 1 aromatic heterocycles. The molecule has 12 heavy (non-hydrogen) atoms. The maximum Gasteiger partial charge on any atom is 0.0560 e. The highest BCUT2D eigenvalue weighted by molar-refractivity contribution is 9.10. The van der Waals surface area contributed by atoms with Crippen LogP contribution < -0.4 is 5.73 Å². The van der Waals surface area contributed by atoms with E-state index < -0.39 is 0 Å². The third kappa shape index (κ3) is 2.57. The molecule has 0 aliphatic rings. The first-order valence-electron chi connectivity index (χ1n) is 4.09. The van der Waals surface area contributed by atoms with Gasteiger partial charge in [0.15, 0.2) is 0 Å². The SMILES string of the molecule is CCC(N)Cc1ncccc1Br. The summed E-state index contributed by atoms with van der Waals surface area (Å²) in [5.41, 5.74) is 6.86. The van der Waals surface area contributed by atoms with E-state index in [0.717, 1.165) is 23.0 Å². The van der Waals surface area contributed by atoms with Crippen LogP contribution in [0.1, 0.15) is 19.0 Å². The third-order valence-electron chi connectivity index (χ3n) is 1.81. The molecule has 1 atom stereocenters. The summed E-state index contributed by atoms with van der Waals surface area (Å²) in [6.45, 7) is 2.08. The van der Waals surface area contributed by atoms with Gasteiger partial charge in [0.05, 0.1) is 5.69 Å². The Kier molecular flexibility index (Phi) is 3.69. The van der Waals surface area contributed by atoms with Crippen LogP contribution in [-0.4, -0.2) is 11.0 Å². The highest BCUT2D eigenvalue weighted by Crippen LogP contribution is 2.14. The van der Waals surface area contributed by atoms with Gasteiger partial charge in [-0.05, 0) is 34.5 Å². The molecule has 1 aromatic rings. The number of hydrogen-bond donors (Lipinski definition) is 1. The minimum Gasteiger partial charge on any atom is -0.327 e. The Morgan fingerprint density at radius 2 is 2.42 bits per heavy atom. The van der Waals surface area contributed by atoms with Crippen molar-refractivity contribution >= 4 is 15.9 Å². The summed E-state index contributed by atoms with van der Waals surface area (Å²) >= 11 is 3.44. The number of rotatable bonds is 3. The largest absolute Gasteiger partial charge is 0.327 e. The smallest absolute Gasteiger partial charge is 0.0560 e. The predicted molar refractivity (Wildman–Crippen MR) is 53.9 cm³/mol. The fraction of sp³-hybridized carbons (Fsp3) is 0.444. The Morgan fingerprint density at radius 3 is 3.00 bits per heavy atom. The molecule has 2 nitrogen and oxygen atoms in total. The molecule has 0 radical (unpaired) electrons. The molecule has 0 saturated carbocycles. The molecular weight excluding hydrogens is 216 g/mol. The van der Waals surface area contributed by atoms with Gasteiger partial charge in [-0.3, -0.25) is 4.98 Å². The molecule has 0 amide bonds. The lowest BCUT2D eigenvalue weighted by Crippen LogP contribution is -2.22. The van der Waals surface area contributed by atoms with Crippen LogP contribution in [0.15, 0.2) is 22.8 Å².